The molecule has 1 aromatic rings. The van der Waals surface area contributed by atoms with Gasteiger partial charge in [0.2, 0.25) is 0 Å². The molecule has 0 saturated heterocycles. The van der Waals surface area contributed by atoms with Crippen molar-refractivity contribution in [2.45, 2.75) is 64.0 Å². The maximum atomic E-state index is 12.8. The van der Waals surface area contributed by atoms with Crippen molar-refractivity contribution < 1.29 is 4.79 Å². The van der Waals surface area contributed by atoms with Crippen LogP contribution in [0.2, 0.25) is 0 Å². The maximum absolute atomic E-state index is 12.8. The average Bonchev–Trinajstić information content (AvgIpc) is 3.34. The van der Waals surface area contributed by atoms with Gasteiger partial charge in [0.25, 0.3) is 0 Å². The van der Waals surface area contributed by atoms with Crippen LogP contribution in [0.3, 0.4) is 0 Å². The molecule has 2 saturated carbocycles. The molecule has 0 heterocycles. The molecule has 2 aliphatic rings. The first-order chi connectivity index (χ1) is 10.3. The van der Waals surface area contributed by atoms with Crippen molar-refractivity contribution in [3.63, 3.8) is 0 Å². The third-order valence-corrected chi connectivity index (χ3v) is 4.97. The molecule has 114 valence electrons. The molecule has 21 heavy (non-hydrogen) atoms. The number of hydrogen-bond donors (Lipinski definition) is 1. The van der Waals surface area contributed by atoms with E-state index in [0.717, 1.165) is 5.69 Å². The van der Waals surface area contributed by atoms with Crippen LogP contribution in [0.15, 0.2) is 30.3 Å². The van der Waals surface area contributed by atoms with Crippen LogP contribution < -0.4 is 5.32 Å². The molecule has 3 rings (SSSR count). The SMILES string of the molecule is C[C@@H](C1CC1)N(C(=O)Nc1ccccc1)C1CCCCC1. The van der Waals surface area contributed by atoms with Gasteiger partial charge in [-0.25, -0.2) is 4.79 Å². The molecule has 2 amide bonds. The minimum Gasteiger partial charge on any atom is -0.319 e. The van der Waals surface area contributed by atoms with Gasteiger partial charge in [-0.05, 0) is 50.7 Å². The van der Waals surface area contributed by atoms with Crippen molar-refractivity contribution in [2.24, 2.45) is 5.92 Å². The largest absolute Gasteiger partial charge is 0.322 e. The van der Waals surface area contributed by atoms with Gasteiger partial charge in [0.1, 0.15) is 0 Å². The second kappa shape index (κ2) is 6.50. The van der Waals surface area contributed by atoms with E-state index < -0.39 is 0 Å². The fraction of sp³-hybridized carbons (Fsp3) is 0.611. The summed E-state index contributed by atoms with van der Waals surface area (Å²) in [6.07, 6.45) is 8.74. The lowest BCUT2D eigenvalue weighted by molar-refractivity contribution is 0.130. The van der Waals surface area contributed by atoms with E-state index >= 15 is 0 Å². The van der Waals surface area contributed by atoms with E-state index in [1.54, 1.807) is 0 Å². The highest BCUT2D eigenvalue weighted by Crippen LogP contribution is 2.38. The van der Waals surface area contributed by atoms with Gasteiger partial charge in [-0.15, -0.1) is 0 Å². The second-order valence-electron chi connectivity index (χ2n) is 6.57. The highest BCUT2D eigenvalue weighted by molar-refractivity contribution is 5.89. The number of rotatable bonds is 4. The van der Waals surface area contributed by atoms with E-state index in [4.69, 9.17) is 0 Å². The number of amides is 2. The van der Waals surface area contributed by atoms with Crippen LogP contribution >= 0.6 is 0 Å². The van der Waals surface area contributed by atoms with Crippen molar-refractivity contribution >= 4 is 11.7 Å². The lowest BCUT2D eigenvalue weighted by Crippen LogP contribution is -2.49. The summed E-state index contributed by atoms with van der Waals surface area (Å²) >= 11 is 0. The number of carbonyl (C=O) groups excluding carboxylic acids is 1. The summed E-state index contributed by atoms with van der Waals surface area (Å²) in [5.41, 5.74) is 0.895. The summed E-state index contributed by atoms with van der Waals surface area (Å²) in [5.74, 6) is 0.716. The quantitative estimate of drug-likeness (QED) is 0.858. The number of para-hydroxylation sites is 1. The summed E-state index contributed by atoms with van der Waals surface area (Å²) in [5, 5.41) is 3.09. The standard InChI is InChI=1S/C18H26N2O/c1-14(15-12-13-15)20(17-10-6-3-7-11-17)18(21)19-16-8-4-2-5-9-16/h2,4-5,8-9,14-15,17H,3,6-7,10-13H2,1H3,(H,19,21)/t14-/m0/s1. The molecule has 0 aliphatic heterocycles. The zero-order valence-corrected chi connectivity index (χ0v) is 12.9. The van der Waals surface area contributed by atoms with Gasteiger partial charge in [0.15, 0.2) is 0 Å². The summed E-state index contributed by atoms with van der Waals surface area (Å²) in [6.45, 7) is 2.23. The zero-order chi connectivity index (χ0) is 14.7. The van der Waals surface area contributed by atoms with Gasteiger partial charge in [-0.3, -0.25) is 0 Å². The van der Waals surface area contributed by atoms with Crippen LogP contribution in [0.25, 0.3) is 0 Å². The smallest absolute Gasteiger partial charge is 0.319 e. The molecule has 0 aromatic heterocycles. The van der Waals surface area contributed by atoms with Crippen molar-refractivity contribution in [3.05, 3.63) is 30.3 Å². The lowest BCUT2D eigenvalue weighted by Gasteiger charge is -2.38. The Kier molecular flexibility index (Phi) is 4.47. The predicted molar refractivity (Wildman–Crippen MR) is 86.4 cm³/mol. The second-order valence-corrected chi connectivity index (χ2v) is 6.57. The first kappa shape index (κ1) is 14.4. The maximum Gasteiger partial charge on any atom is 0.322 e. The highest BCUT2D eigenvalue weighted by Gasteiger charge is 2.38. The normalized spacial score (nSPS) is 20.8. The Hall–Kier alpha value is -1.51. The first-order valence-corrected chi connectivity index (χ1v) is 8.40. The molecule has 2 aliphatic carbocycles. The molecular weight excluding hydrogens is 260 g/mol. The van der Waals surface area contributed by atoms with Crippen LogP contribution in [0.5, 0.6) is 0 Å². The Morgan fingerprint density at radius 1 is 1.10 bits per heavy atom. The van der Waals surface area contributed by atoms with Gasteiger partial charge < -0.3 is 10.2 Å². The third-order valence-electron chi connectivity index (χ3n) is 4.97. The molecule has 1 atom stereocenters. The molecule has 0 spiro atoms. The van der Waals surface area contributed by atoms with Crippen LogP contribution in [0.1, 0.15) is 51.9 Å². The van der Waals surface area contributed by atoms with Gasteiger partial charge in [-0.1, -0.05) is 37.5 Å². The van der Waals surface area contributed by atoms with E-state index in [1.807, 2.05) is 30.3 Å². The molecule has 0 bridgehead atoms. The minimum atomic E-state index is 0.0903. The molecule has 1 aromatic carbocycles. The summed E-state index contributed by atoms with van der Waals surface area (Å²) in [7, 11) is 0. The highest BCUT2D eigenvalue weighted by atomic mass is 16.2. The van der Waals surface area contributed by atoms with Crippen molar-refractivity contribution in [1.29, 1.82) is 0 Å². The molecule has 3 nitrogen and oxygen atoms in total. The summed E-state index contributed by atoms with van der Waals surface area (Å²) in [6, 6.07) is 10.7. The van der Waals surface area contributed by atoms with Gasteiger partial charge in [0.05, 0.1) is 0 Å². The minimum absolute atomic E-state index is 0.0903. The van der Waals surface area contributed by atoms with Crippen molar-refractivity contribution in [1.82, 2.24) is 4.90 Å². The van der Waals surface area contributed by atoms with E-state index in [0.29, 0.717) is 18.0 Å². The Morgan fingerprint density at radius 2 is 1.76 bits per heavy atom. The monoisotopic (exact) mass is 286 g/mol. The first-order valence-electron chi connectivity index (χ1n) is 8.40. The van der Waals surface area contributed by atoms with E-state index in [1.165, 1.54) is 44.9 Å². The zero-order valence-electron chi connectivity index (χ0n) is 12.9. The number of benzene rings is 1. The summed E-state index contributed by atoms with van der Waals surface area (Å²) < 4.78 is 0. The number of nitrogens with zero attached hydrogens (tertiary/aromatic N) is 1. The fourth-order valence-corrected chi connectivity index (χ4v) is 3.56. The van der Waals surface area contributed by atoms with Crippen LogP contribution in [0.4, 0.5) is 10.5 Å². The van der Waals surface area contributed by atoms with Gasteiger partial charge in [-0.2, -0.15) is 0 Å². The number of nitrogens with one attached hydrogen (secondary N) is 1. The van der Waals surface area contributed by atoms with Crippen LogP contribution in [-0.2, 0) is 0 Å². The van der Waals surface area contributed by atoms with Crippen LogP contribution in [0, 0.1) is 5.92 Å². The van der Waals surface area contributed by atoms with Crippen LogP contribution in [-0.4, -0.2) is 23.0 Å². The predicted octanol–water partition coefficient (Wildman–Crippen LogP) is 4.65. The Morgan fingerprint density at radius 3 is 2.38 bits per heavy atom. The fourth-order valence-electron chi connectivity index (χ4n) is 3.56. The Balaban J connectivity index is 1.72. The van der Waals surface area contributed by atoms with E-state index in [2.05, 4.69) is 17.1 Å². The van der Waals surface area contributed by atoms with Gasteiger partial charge in [0, 0.05) is 17.8 Å². The molecule has 0 unspecified atom stereocenters. The summed E-state index contributed by atoms with van der Waals surface area (Å²) in [4.78, 5) is 15.0. The molecule has 0 radical (unpaired) electrons. The topological polar surface area (TPSA) is 32.3 Å². The van der Waals surface area contributed by atoms with Crippen molar-refractivity contribution in [2.75, 3.05) is 5.32 Å². The number of carbonyl (C=O) groups is 1. The number of hydrogen-bond acceptors (Lipinski definition) is 1. The molecule has 1 N–H and O–H groups in total. The van der Waals surface area contributed by atoms with E-state index in [9.17, 15) is 4.79 Å². The molecular formula is C18H26N2O. The van der Waals surface area contributed by atoms with E-state index in [-0.39, 0.29) is 6.03 Å². The van der Waals surface area contributed by atoms with Crippen molar-refractivity contribution in [3.8, 4) is 0 Å². The van der Waals surface area contributed by atoms with Gasteiger partial charge >= 0.3 is 6.03 Å². The Bertz CT molecular complexity index is 463. The Labute approximate surface area is 127 Å². The number of anilines is 1. The lowest BCUT2D eigenvalue weighted by atomic mass is 9.93. The third kappa shape index (κ3) is 3.58. The number of urea groups is 1. The average molecular weight is 286 g/mol. The molecule has 2 fully saturated rings. The molecule has 3 heteroatoms.